The Morgan fingerprint density at radius 1 is 1.41 bits per heavy atom. The predicted molar refractivity (Wildman–Crippen MR) is 67.7 cm³/mol. The number of aromatic nitrogens is 1. The van der Waals surface area contributed by atoms with Gasteiger partial charge in [-0.1, -0.05) is 0 Å². The van der Waals surface area contributed by atoms with Crippen molar-refractivity contribution in [3.8, 4) is 0 Å². The largest absolute Gasteiger partial charge is 0.444 e. The average molecular weight is 297 g/mol. The molecule has 0 saturated heterocycles. The summed E-state index contributed by atoms with van der Waals surface area (Å²) in [6, 6.07) is 7.34. The highest BCUT2D eigenvalue weighted by Crippen LogP contribution is 2.14. The second kappa shape index (κ2) is 4.79. The van der Waals surface area contributed by atoms with Crippen molar-refractivity contribution < 1.29 is 9.21 Å². The van der Waals surface area contributed by atoms with Gasteiger partial charge in [0.15, 0.2) is 10.4 Å². The summed E-state index contributed by atoms with van der Waals surface area (Å²) in [4.78, 5) is 11.7. The molecule has 1 N–H and O–H groups in total. The molecule has 1 amide bonds. The number of rotatable bonds is 3. The Bertz CT molecular complexity index is 542. The minimum absolute atomic E-state index is 0.213. The number of nitrogens with zero attached hydrogens (tertiary/aromatic N) is 1. The Morgan fingerprint density at radius 3 is 2.71 bits per heavy atom. The molecule has 5 heteroatoms. The van der Waals surface area contributed by atoms with Crippen LogP contribution in [0.15, 0.2) is 33.4 Å². The Morgan fingerprint density at radius 2 is 2.18 bits per heavy atom. The molecule has 0 saturated carbocycles. The van der Waals surface area contributed by atoms with Gasteiger partial charge in [0.05, 0.1) is 6.54 Å². The van der Waals surface area contributed by atoms with E-state index >= 15 is 0 Å². The van der Waals surface area contributed by atoms with Crippen molar-refractivity contribution in [2.75, 3.05) is 0 Å². The lowest BCUT2D eigenvalue weighted by atomic mass is 10.4. The molecule has 0 aliphatic rings. The van der Waals surface area contributed by atoms with Gasteiger partial charge in [0, 0.05) is 18.4 Å². The number of carbonyl (C=O) groups excluding carboxylic acids is 1. The van der Waals surface area contributed by atoms with Crippen molar-refractivity contribution >= 4 is 21.8 Å². The molecule has 2 rings (SSSR count). The van der Waals surface area contributed by atoms with Crippen LogP contribution in [0, 0.1) is 6.92 Å². The fourth-order valence-electron chi connectivity index (χ4n) is 1.54. The molecule has 2 aromatic rings. The zero-order valence-corrected chi connectivity index (χ0v) is 11.2. The third-order valence-corrected chi connectivity index (χ3v) is 3.13. The Hall–Kier alpha value is -1.49. The van der Waals surface area contributed by atoms with Crippen molar-refractivity contribution in [2.24, 2.45) is 7.05 Å². The first-order valence-electron chi connectivity index (χ1n) is 5.22. The minimum Gasteiger partial charge on any atom is -0.444 e. The van der Waals surface area contributed by atoms with Crippen LogP contribution >= 0.6 is 15.9 Å². The number of nitrogens with one attached hydrogen (secondary N) is 1. The molecule has 0 aliphatic heterocycles. The highest BCUT2D eigenvalue weighted by molar-refractivity contribution is 9.10. The van der Waals surface area contributed by atoms with Gasteiger partial charge < -0.3 is 14.3 Å². The first-order chi connectivity index (χ1) is 8.08. The second-order valence-corrected chi connectivity index (χ2v) is 4.59. The van der Waals surface area contributed by atoms with Crippen LogP contribution in [0.25, 0.3) is 0 Å². The zero-order chi connectivity index (χ0) is 12.4. The topological polar surface area (TPSA) is 47.2 Å². The summed E-state index contributed by atoms with van der Waals surface area (Å²) in [5, 5.41) is 2.81. The SMILES string of the molecule is Cc1ccc(CNC(=O)c2ccc(Br)o2)n1C. The van der Waals surface area contributed by atoms with Crippen LogP contribution in [0.2, 0.25) is 0 Å². The van der Waals surface area contributed by atoms with Gasteiger partial charge >= 0.3 is 0 Å². The van der Waals surface area contributed by atoms with Crippen LogP contribution in [0.3, 0.4) is 0 Å². The van der Waals surface area contributed by atoms with E-state index in [0.717, 1.165) is 11.4 Å². The quantitative estimate of drug-likeness (QED) is 0.946. The summed E-state index contributed by atoms with van der Waals surface area (Å²) in [5.74, 6) is 0.0948. The molecule has 2 aromatic heterocycles. The standard InChI is InChI=1S/C12H13BrN2O2/c1-8-3-4-9(15(8)2)7-14-12(16)10-5-6-11(13)17-10/h3-6H,7H2,1-2H3,(H,14,16). The molecule has 0 fully saturated rings. The second-order valence-electron chi connectivity index (χ2n) is 3.81. The molecule has 0 spiro atoms. The van der Waals surface area contributed by atoms with E-state index in [1.54, 1.807) is 12.1 Å². The van der Waals surface area contributed by atoms with Crippen molar-refractivity contribution in [2.45, 2.75) is 13.5 Å². The monoisotopic (exact) mass is 296 g/mol. The summed E-state index contributed by atoms with van der Waals surface area (Å²) in [6.45, 7) is 2.51. The number of aryl methyl sites for hydroxylation is 1. The summed E-state index contributed by atoms with van der Waals surface area (Å²) in [5.41, 5.74) is 2.22. The maximum Gasteiger partial charge on any atom is 0.287 e. The number of furan rings is 1. The average Bonchev–Trinajstić information content (AvgIpc) is 2.86. The Kier molecular flexibility index (Phi) is 3.38. The van der Waals surface area contributed by atoms with Crippen LogP contribution < -0.4 is 5.32 Å². The zero-order valence-electron chi connectivity index (χ0n) is 9.66. The molecule has 0 aromatic carbocycles. The first-order valence-corrected chi connectivity index (χ1v) is 6.02. The van der Waals surface area contributed by atoms with Crippen LogP contribution in [-0.4, -0.2) is 10.5 Å². The Labute approximate surface area is 108 Å². The van der Waals surface area contributed by atoms with Gasteiger partial charge in [0.1, 0.15) is 0 Å². The lowest BCUT2D eigenvalue weighted by Gasteiger charge is -2.06. The van der Waals surface area contributed by atoms with E-state index in [-0.39, 0.29) is 5.91 Å². The van der Waals surface area contributed by atoms with E-state index < -0.39 is 0 Å². The maximum absolute atomic E-state index is 11.7. The molecule has 4 nitrogen and oxygen atoms in total. The maximum atomic E-state index is 11.7. The van der Waals surface area contributed by atoms with Crippen LogP contribution in [0.1, 0.15) is 21.9 Å². The molecule has 0 aliphatic carbocycles. The number of amides is 1. The number of hydrogen-bond acceptors (Lipinski definition) is 2. The lowest BCUT2D eigenvalue weighted by Crippen LogP contribution is -2.23. The number of hydrogen-bond donors (Lipinski definition) is 1. The smallest absolute Gasteiger partial charge is 0.287 e. The molecule has 2 heterocycles. The summed E-state index contributed by atoms with van der Waals surface area (Å²) in [7, 11) is 1.97. The molecular weight excluding hydrogens is 284 g/mol. The highest BCUT2D eigenvalue weighted by Gasteiger charge is 2.10. The summed E-state index contributed by atoms with van der Waals surface area (Å²) >= 11 is 3.16. The van der Waals surface area contributed by atoms with E-state index in [1.807, 2.05) is 30.7 Å². The van der Waals surface area contributed by atoms with Gasteiger partial charge in [0.2, 0.25) is 0 Å². The van der Waals surface area contributed by atoms with Crippen molar-refractivity contribution in [1.29, 1.82) is 0 Å². The van der Waals surface area contributed by atoms with E-state index in [0.29, 0.717) is 17.0 Å². The fraction of sp³-hybridized carbons (Fsp3) is 0.250. The van der Waals surface area contributed by atoms with E-state index in [1.165, 1.54) is 0 Å². The van der Waals surface area contributed by atoms with Crippen molar-refractivity contribution in [1.82, 2.24) is 9.88 Å². The molecule has 90 valence electrons. The van der Waals surface area contributed by atoms with Crippen LogP contribution in [0.4, 0.5) is 0 Å². The first kappa shape index (κ1) is 12.0. The van der Waals surface area contributed by atoms with E-state index in [9.17, 15) is 4.79 Å². The minimum atomic E-state index is -0.213. The van der Waals surface area contributed by atoms with E-state index in [4.69, 9.17) is 4.42 Å². The summed E-state index contributed by atoms with van der Waals surface area (Å²) in [6.07, 6.45) is 0. The van der Waals surface area contributed by atoms with Gasteiger partial charge in [-0.25, -0.2) is 0 Å². The van der Waals surface area contributed by atoms with Gasteiger partial charge in [-0.3, -0.25) is 4.79 Å². The number of halogens is 1. The predicted octanol–water partition coefficient (Wildman–Crippen LogP) is 2.62. The molecule has 0 unspecified atom stereocenters. The molecule has 0 bridgehead atoms. The van der Waals surface area contributed by atoms with E-state index in [2.05, 4.69) is 21.2 Å². The van der Waals surface area contributed by atoms with Crippen molar-refractivity contribution in [3.63, 3.8) is 0 Å². The molecule has 17 heavy (non-hydrogen) atoms. The lowest BCUT2D eigenvalue weighted by molar-refractivity contribution is 0.0921. The third kappa shape index (κ3) is 2.61. The fourth-order valence-corrected chi connectivity index (χ4v) is 1.85. The molecular formula is C12H13BrN2O2. The van der Waals surface area contributed by atoms with Gasteiger partial charge in [-0.15, -0.1) is 0 Å². The third-order valence-electron chi connectivity index (χ3n) is 2.70. The molecule has 0 atom stereocenters. The summed E-state index contributed by atoms with van der Waals surface area (Å²) < 4.78 is 7.76. The van der Waals surface area contributed by atoms with Crippen LogP contribution in [0.5, 0.6) is 0 Å². The highest BCUT2D eigenvalue weighted by atomic mass is 79.9. The van der Waals surface area contributed by atoms with Gasteiger partial charge in [-0.05, 0) is 47.1 Å². The molecule has 0 radical (unpaired) electrons. The van der Waals surface area contributed by atoms with Crippen molar-refractivity contribution in [3.05, 3.63) is 46.1 Å². The number of carbonyl (C=O) groups is 1. The van der Waals surface area contributed by atoms with Gasteiger partial charge in [0.25, 0.3) is 5.91 Å². The van der Waals surface area contributed by atoms with Gasteiger partial charge in [-0.2, -0.15) is 0 Å². The Balaban J connectivity index is 1.99. The normalized spacial score (nSPS) is 10.5. The van der Waals surface area contributed by atoms with Crippen LogP contribution in [-0.2, 0) is 13.6 Å².